The molecule has 1 aliphatic heterocycles. The van der Waals surface area contributed by atoms with Gasteiger partial charge in [0, 0.05) is 62.9 Å². The van der Waals surface area contributed by atoms with Gasteiger partial charge in [0.25, 0.3) is 0 Å². The second-order valence-electron chi connectivity index (χ2n) is 8.27. The molecular weight excluding hydrogens is 453 g/mol. The fourth-order valence-electron chi connectivity index (χ4n) is 3.91. The van der Waals surface area contributed by atoms with Crippen molar-refractivity contribution in [3.05, 3.63) is 66.2 Å². The largest absolute Gasteiger partial charge is 0.453 e. The van der Waals surface area contributed by atoms with E-state index in [0.717, 1.165) is 53.5 Å². The number of carbonyl (C=O) groups is 1. The number of rotatable bonds is 7. The second kappa shape index (κ2) is 9.84. The molecule has 0 aliphatic carbocycles. The summed E-state index contributed by atoms with van der Waals surface area (Å²) in [6, 6.07) is 12.1. The van der Waals surface area contributed by atoms with Crippen molar-refractivity contribution >= 4 is 33.7 Å². The van der Waals surface area contributed by atoms with Gasteiger partial charge in [0.2, 0.25) is 6.41 Å². The maximum atomic E-state index is 14.4. The van der Waals surface area contributed by atoms with Gasteiger partial charge in [0.05, 0.1) is 20.8 Å². The van der Waals surface area contributed by atoms with Crippen molar-refractivity contribution in [2.24, 2.45) is 0 Å². The van der Waals surface area contributed by atoms with Gasteiger partial charge in [0.15, 0.2) is 11.6 Å². The maximum absolute atomic E-state index is 14.4. The van der Waals surface area contributed by atoms with E-state index >= 15 is 0 Å². The van der Waals surface area contributed by atoms with Gasteiger partial charge < -0.3 is 15.0 Å². The second-order valence-corrected chi connectivity index (χ2v) is 9.33. The summed E-state index contributed by atoms with van der Waals surface area (Å²) in [6.07, 6.45) is 4.08. The van der Waals surface area contributed by atoms with Crippen LogP contribution >= 0.6 is 11.3 Å². The first kappa shape index (κ1) is 22.4. The average molecular weight is 478 g/mol. The van der Waals surface area contributed by atoms with Crippen LogP contribution in [-0.4, -0.2) is 59.4 Å². The van der Waals surface area contributed by atoms with E-state index in [1.807, 2.05) is 18.3 Å². The quantitative estimate of drug-likeness (QED) is 0.392. The molecule has 1 fully saturated rings. The van der Waals surface area contributed by atoms with E-state index in [4.69, 9.17) is 4.74 Å². The third-order valence-electron chi connectivity index (χ3n) is 5.83. The molecule has 1 saturated heterocycles. The molecule has 4 heterocycles. The average Bonchev–Trinajstić information content (AvgIpc) is 3.28. The maximum Gasteiger partial charge on any atom is 0.211 e. The molecule has 0 saturated carbocycles. The molecule has 0 bridgehead atoms. The van der Waals surface area contributed by atoms with E-state index in [1.165, 1.54) is 29.0 Å². The first-order chi connectivity index (χ1) is 16.6. The number of pyridine rings is 2. The Morgan fingerprint density at radius 2 is 1.94 bits per heavy atom. The molecule has 0 spiro atoms. The molecule has 1 amide bonds. The Hall–Kier alpha value is -3.40. The molecule has 9 heteroatoms. The van der Waals surface area contributed by atoms with Crippen LogP contribution in [0.5, 0.6) is 11.5 Å². The topological polar surface area (TPSA) is 70.6 Å². The van der Waals surface area contributed by atoms with Crippen LogP contribution in [0.2, 0.25) is 0 Å². The minimum atomic E-state index is -0.564. The van der Waals surface area contributed by atoms with Crippen molar-refractivity contribution < 1.29 is 13.9 Å². The van der Waals surface area contributed by atoms with E-state index in [0.29, 0.717) is 17.8 Å². The van der Waals surface area contributed by atoms with Gasteiger partial charge in [-0.25, -0.2) is 4.39 Å². The fourth-order valence-corrected chi connectivity index (χ4v) is 4.95. The Morgan fingerprint density at radius 1 is 1.09 bits per heavy atom. The number of ether oxygens (including phenoxy) is 1. The summed E-state index contributed by atoms with van der Waals surface area (Å²) in [4.78, 5) is 25.5. The Balaban J connectivity index is 1.34. The number of fused-ring (bicyclic) bond motifs is 1. The molecule has 3 aromatic heterocycles. The summed E-state index contributed by atoms with van der Waals surface area (Å²) in [5.74, 6) is 0.0272. The van der Waals surface area contributed by atoms with Crippen LogP contribution in [0.3, 0.4) is 0 Å². The number of nitrogens with zero attached hydrogens (tertiary/aromatic N) is 4. The van der Waals surface area contributed by atoms with Crippen molar-refractivity contribution in [2.75, 3.05) is 38.5 Å². The number of halogens is 1. The smallest absolute Gasteiger partial charge is 0.211 e. The van der Waals surface area contributed by atoms with Gasteiger partial charge >= 0.3 is 0 Å². The third kappa shape index (κ3) is 4.91. The highest BCUT2D eigenvalue weighted by molar-refractivity contribution is 7.22. The molecule has 4 aromatic rings. The number of carbonyl (C=O) groups excluding carboxylic acids is 1. The van der Waals surface area contributed by atoms with Crippen molar-refractivity contribution in [1.29, 1.82) is 0 Å². The van der Waals surface area contributed by atoms with Gasteiger partial charge in [0.1, 0.15) is 5.75 Å². The van der Waals surface area contributed by atoms with E-state index in [9.17, 15) is 9.18 Å². The standard InChI is InChI=1S/C25H24FN5O2S/c1-30-8-10-31(11-9-30)15-17-2-4-20(28-14-17)24-13-21-25(34-24)23(6-7-27-21)33-22-5-3-18(29-16-32)12-19(22)26/h2-7,12-14,16H,8-11,15H2,1H3,(H,29,32). The normalized spacial score (nSPS) is 14.9. The lowest BCUT2D eigenvalue weighted by Gasteiger charge is -2.32. The van der Waals surface area contributed by atoms with Crippen LogP contribution in [-0.2, 0) is 11.3 Å². The summed E-state index contributed by atoms with van der Waals surface area (Å²) >= 11 is 1.51. The Kier molecular flexibility index (Phi) is 6.48. The molecule has 0 radical (unpaired) electrons. The highest BCUT2D eigenvalue weighted by atomic mass is 32.1. The van der Waals surface area contributed by atoms with Crippen LogP contribution in [0.25, 0.3) is 20.8 Å². The van der Waals surface area contributed by atoms with Crippen LogP contribution in [0.1, 0.15) is 5.56 Å². The van der Waals surface area contributed by atoms with Gasteiger partial charge in [-0.1, -0.05) is 6.07 Å². The van der Waals surface area contributed by atoms with E-state index in [2.05, 4.69) is 38.2 Å². The lowest BCUT2D eigenvalue weighted by Crippen LogP contribution is -2.43. The van der Waals surface area contributed by atoms with E-state index in [-0.39, 0.29) is 5.75 Å². The number of aromatic nitrogens is 2. The Labute approximate surface area is 200 Å². The first-order valence-electron chi connectivity index (χ1n) is 11.0. The Morgan fingerprint density at radius 3 is 2.68 bits per heavy atom. The molecular formula is C25H24FN5O2S. The zero-order valence-corrected chi connectivity index (χ0v) is 19.5. The van der Waals surface area contributed by atoms with Gasteiger partial charge in [-0.15, -0.1) is 11.3 Å². The molecule has 1 aromatic carbocycles. The summed E-state index contributed by atoms with van der Waals surface area (Å²) in [5, 5.41) is 2.42. The van der Waals surface area contributed by atoms with Gasteiger partial charge in [-0.2, -0.15) is 0 Å². The third-order valence-corrected chi connectivity index (χ3v) is 6.99. The predicted molar refractivity (Wildman–Crippen MR) is 132 cm³/mol. The molecule has 7 nitrogen and oxygen atoms in total. The SMILES string of the molecule is CN1CCN(Cc2ccc(-c3cc4nccc(Oc5ccc(NC=O)cc5F)c4s3)nc2)CC1. The molecule has 5 rings (SSSR count). The summed E-state index contributed by atoms with van der Waals surface area (Å²) in [6.45, 7) is 5.22. The highest BCUT2D eigenvalue weighted by Crippen LogP contribution is 2.39. The van der Waals surface area contributed by atoms with E-state index in [1.54, 1.807) is 18.3 Å². The summed E-state index contributed by atoms with van der Waals surface area (Å²) in [5.41, 5.74) is 3.19. The number of likely N-dealkylation sites (N-methyl/N-ethyl adjacent to an activating group) is 1. The number of hydrogen-bond acceptors (Lipinski definition) is 7. The van der Waals surface area contributed by atoms with Crippen molar-refractivity contribution in [3.8, 4) is 22.1 Å². The Bertz CT molecular complexity index is 1300. The monoisotopic (exact) mass is 477 g/mol. The lowest BCUT2D eigenvalue weighted by molar-refractivity contribution is -0.105. The van der Waals surface area contributed by atoms with Crippen LogP contribution in [0, 0.1) is 5.82 Å². The van der Waals surface area contributed by atoms with E-state index < -0.39 is 5.82 Å². The molecule has 1 aliphatic rings. The fraction of sp³-hybridized carbons (Fsp3) is 0.240. The van der Waals surface area contributed by atoms with Crippen molar-refractivity contribution in [3.63, 3.8) is 0 Å². The number of amides is 1. The highest BCUT2D eigenvalue weighted by Gasteiger charge is 2.16. The van der Waals surface area contributed by atoms with Crippen LogP contribution in [0.4, 0.5) is 10.1 Å². The lowest BCUT2D eigenvalue weighted by atomic mass is 10.2. The molecule has 174 valence electrons. The number of anilines is 1. The summed E-state index contributed by atoms with van der Waals surface area (Å²) in [7, 11) is 2.16. The predicted octanol–water partition coefficient (Wildman–Crippen LogP) is 4.61. The first-order valence-corrected chi connectivity index (χ1v) is 11.8. The zero-order valence-electron chi connectivity index (χ0n) is 18.7. The van der Waals surface area contributed by atoms with Crippen LogP contribution in [0.15, 0.2) is 54.9 Å². The van der Waals surface area contributed by atoms with Gasteiger partial charge in [-0.3, -0.25) is 19.7 Å². The molecule has 0 atom stereocenters. The molecule has 1 N–H and O–H groups in total. The van der Waals surface area contributed by atoms with Crippen LogP contribution < -0.4 is 10.1 Å². The number of nitrogens with one attached hydrogen (secondary N) is 1. The number of thiophene rings is 1. The number of piperazine rings is 1. The number of benzene rings is 1. The zero-order chi connectivity index (χ0) is 23.5. The minimum Gasteiger partial charge on any atom is -0.453 e. The molecule has 34 heavy (non-hydrogen) atoms. The van der Waals surface area contributed by atoms with Crippen molar-refractivity contribution in [1.82, 2.24) is 19.8 Å². The van der Waals surface area contributed by atoms with Crippen molar-refractivity contribution in [2.45, 2.75) is 6.54 Å². The molecule has 0 unspecified atom stereocenters. The minimum absolute atomic E-state index is 0.0743. The van der Waals surface area contributed by atoms with Gasteiger partial charge in [-0.05, 0) is 36.9 Å². The summed E-state index contributed by atoms with van der Waals surface area (Å²) < 4.78 is 21.1. The number of hydrogen-bond donors (Lipinski definition) is 1.